The third-order valence-corrected chi connectivity index (χ3v) is 3.98. The van der Waals surface area contributed by atoms with Gasteiger partial charge in [-0.2, -0.15) is 0 Å². The monoisotopic (exact) mass is 304 g/mol. The highest BCUT2D eigenvalue weighted by molar-refractivity contribution is 7.88. The lowest BCUT2D eigenvalue weighted by atomic mass is 10.1. The second-order valence-electron chi connectivity index (χ2n) is 4.93. The minimum absolute atomic E-state index is 0. The van der Waals surface area contributed by atoms with Gasteiger partial charge in [-0.1, -0.05) is 30.3 Å². The first kappa shape index (κ1) is 16.4. The van der Waals surface area contributed by atoms with Gasteiger partial charge in [0, 0.05) is 25.7 Å². The zero-order chi connectivity index (χ0) is 13.0. The summed E-state index contributed by atoms with van der Waals surface area (Å²) in [5, 5.41) is 0. The second-order valence-corrected chi connectivity index (χ2v) is 6.71. The van der Waals surface area contributed by atoms with Crippen LogP contribution in [0.25, 0.3) is 0 Å². The van der Waals surface area contributed by atoms with E-state index in [0.29, 0.717) is 0 Å². The molecule has 0 saturated carbocycles. The topological polar surface area (TPSA) is 49.4 Å². The molecular weight excluding hydrogens is 284 g/mol. The molecule has 0 bridgehead atoms. The van der Waals surface area contributed by atoms with Gasteiger partial charge in [-0.15, -0.1) is 12.4 Å². The summed E-state index contributed by atoms with van der Waals surface area (Å²) in [5.41, 5.74) is 1.31. The van der Waals surface area contributed by atoms with E-state index in [1.165, 1.54) is 11.8 Å². The Morgan fingerprint density at radius 3 is 2.32 bits per heavy atom. The highest BCUT2D eigenvalue weighted by Gasteiger charge is 2.21. The first-order chi connectivity index (χ1) is 8.53. The lowest BCUT2D eigenvalue weighted by Crippen LogP contribution is -2.43. The summed E-state index contributed by atoms with van der Waals surface area (Å²) in [6.07, 6.45) is 3.00. The molecule has 1 heterocycles. The largest absolute Gasteiger partial charge is 0.299 e. The van der Waals surface area contributed by atoms with Crippen molar-refractivity contribution in [1.82, 2.24) is 9.62 Å². The Balaban J connectivity index is 0.00000180. The molecule has 19 heavy (non-hydrogen) atoms. The molecule has 1 saturated heterocycles. The van der Waals surface area contributed by atoms with E-state index in [2.05, 4.69) is 21.8 Å². The molecule has 108 valence electrons. The van der Waals surface area contributed by atoms with Crippen LogP contribution < -0.4 is 4.72 Å². The number of hydrogen-bond donors (Lipinski definition) is 1. The lowest BCUT2D eigenvalue weighted by molar-refractivity contribution is 0.200. The van der Waals surface area contributed by atoms with Gasteiger partial charge in [-0.3, -0.25) is 4.90 Å². The first-order valence-electron chi connectivity index (χ1n) is 6.26. The van der Waals surface area contributed by atoms with Crippen LogP contribution in [0.1, 0.15) is 18.4 Å². The third-order valence-electron chi connectivity index (χ3n) is 3.22. The molecule has 0 aliphatic carbocycles. The van der Waals surface area contributed by atoms with Crippen molar-refractivity contribution >= 4 is 22.4 Å². The Kier molecular flexibility index (Phi) is 6.26. The molecule has 1 aromatic carbocycles. The second kappa shape index (κ2) is 7.24. The number of piperidine rings is 1. The standard InChI is InChI=1S/C13H20N2O2S.ClH/c1-18(16,17)14-13-7-9-15(10-8-13)11-12-5-3-2-4-6-12;/h2-6,13-14H,7-11H2,1H3;1H. The molecule has 1 aromatic rings. The number of halogens is 1. The number of benzene rings is 1. The van der Waals surface area contributed by atoms with Crippen LogP contribution in [0.5, 0.6) is 0 Å². The molecule has 1 aliphatic rings. The molecule has 0 radical (unpaired) electrons. The van der Waals surface area contributed by atoms with Crippen LogP contribution in [0.4, 0.5) is 0 Å². The maximum atomic E-state index is 11.1. The van der Waals surface area contributed by atoms with Crippen molar-refractivity contribution in [3.63, 3.8) is 0 Å². The van der Waals surface area contributed by atoms with Gasteiger partial charge in [0.1, 0.15) is 0 Å². The van der Waals surface area contributed by atoms with Crippen LogP contribution >= 0.6 is 12.4 Å². The molecule has 1 aliphatic heterocycles. The number of nitrogens with zero attached hydrogens (tertiary/aromatic N) is 1. The normalized spacial score (nSPS) is 17.9. The predicted molar refractivity (Wildman–Crippen MR) is 80.0 cm³/mol. The van der Waals surface area contributed by atoms with E-state index in [1.54, 1.807) is 0 Å². The minimum Gasteiger partial charge on any atom is -0.299 e. The van der Waals surface area contributed by atoms with Crippen LogP contribution in [-0.2, 0) is 16.6 Å². The molecular formula is C13H21ClN2O2S. The van der Waals surface area contributed by atoms with Crippen molar-refractivity contribution in [2.45, 2.75) is 25.4 Å². The van der Waals surface area contributed by atoms with Crippen molar-refractivity contribution in [1.29, 1.82) is 0 Å². The van der Waals surface area contributed by atoms with Crippen molar-refractivity contribution in [3.8, 4) is 0 Å². The highest BCUT2D eigenvalue weighted by Crippen LogP contribution is 2.14. The fourth-order valence-electron chi connectivity index (χ4n) is 2.35. The minimum atomic E-state index is -3.07. The smallest absolute Gasteiger partial charge is 0.208 e. The van der Waals surface area contributed by atoms with E-state index in [0.717, 1.165) is 32.5 Å². The zero-order valence-corrected chi connectivity index (χ0v) is 12.7. The molecule has 6 heteroatoms. The average molecular weight is 305 g/mol. The van der Waals surface area contributed by atoms with Gasteiger partial charge in [0.15, 0.2) is 0 Å². The van der Waals surface area contributed by atoms with Gasteiger partial charge >= 0.3 is 0 Å². The van der Waals surface area contributed by atoms with Crippen molar-refractivity contribution in [2.24, 2.45) is 0 Å². The van der Waals surface area contributed by atoms with Crippen LogP contribution in [0.2, 0.25) is 0 Å². The Bertz CT molecular complexity index is 471. The number of nitrogens with one attached hydrogen (secondary N) is 1. The van der Waals surface area contributed by atoms with Crippen LogP contribution in [-0.4, -0.2) is 38.7 Å². The fourth-order valence-corrected chi connectivity index (χ4v) is 3.19. The molecule has 0 aromatic heterocycles. The summed E-state index contributed by atoms with van der Waals surface area (Å²) < 4.78 is 25.0. The summed E-state index contributed by atoms with van der Waals surface area (Å²) in [6.45, 7) is 2.84. The maximum absolute atomic E-state index is 11.1. The van der Waals surface area contributed by atoms with Crippen molar-refractivity contribution in [3.05, 3.63) is 35.9 Å². The van der Waals surface area contributed by atoms with Gasteiger partial charge < -0.3 is 0 Å². The average Bonchev–Trinajstić information content (AvgIpc) is 2.31. The van der Waals surface area contributed by atoms with E-state index in [4.69, 9.17) is 0 Å². The molecule has 0 unspecified atom stereocenters. The molecule has 2 rings (SSSR count). The number of likely N-dealkylation sites (tertiary alicyclic amines) is 1. The van der Waals surface area contributed by atoms with E-state index in [1.807, 2.05) is 18.2 Å². The number of rotatable bonds is 4. The Hall–Kier alpha value is -0.620. The lowest BCUT2D eigenvalue weighted by Gasteiger charge is -2.31. The predicted octanol–water partition coefficient (Wildman–Crippen LogP) is 1.62. The van der Waals surface area contributed by atoms with Crippen molar-refractivity contribution < 1.29 is 8.42 Å². The number of sulfonamides is 1. The molecule has 4 nitrogen and oxygen atoms in total. The third kappa shape index (κ3) is 5.91. The summed E-state index contributed by atoms with van der Waals surface area (Å²) in [7, 11) is -3.07. The highest BCUT2D eigenvalue weighted by atomic mass is 35.5. The summed E-state index contributed by atoms with van der Waals surface area (Å²) in [5.74, 6) is 0. The Morgan fingerprint density at radius 1 is 1.21 bits per heavy atom. The van der Waals surface area contributed by atoms with Gasteiger partial charge in [-0.25, -0.2) is 13.1 Å². The van der Waals surface area contributed by atoms with Crippen LogP contribution in [0.15, 0.2) is 30.3 Å². The molecule has 0 amide bonds. The van der Waals surface area contributed by atoms with Gasteiger partial charge in [-0.05, 0) is 18.4 Å². The van der Waals surface area contributed by atoms with E-state index in [-0.39, 0.29) is 18.4 Å². The number of hydrogen-bond acceptors (Lipinski definition) is 3. The van der Waals surface area contributed by atoms with Crippen LogP contribution in [0.3, 0.4) is 0 Å². The molecule has 0 atom stereocenters. The zero-order valence-electron chi connectivity index (χ0n) is 11.1. The van der Waals surface area contributed by atoms with Gasteiger partial charge in [0.05, 0.1) is 6.26 Å². The van der Waals surface area contributed by atoms with Crippen LogP contribution in [0, 0.1) is 0 Å². The van der Waals surface area contributed by atoms with Gasteiger partial charge in [0.25, 0.3) is 0 Å². The van der Waals surface area contributed by atoms with Crippen molar-refractivity contribution in [2.75, 3.05) is 19.3 Å². The first-order valence-corrected chi connectivity index (χ1v) is 8.16. The molecule has 1 fully saturated rings. The Morgan fingerprint density at radius 2 is 1.79 bits per heavy atom. The van der Waals surface area contributed by atoms with E-state index >= 15 is 0 Å². The maximum Gasteiger partial charge on any atom is 0.208 e. The summed E-state index contributed by atoms with van der Waals surface area (Å²) >= 11 is 0. The van der Waals surface area contributed by atoms with E-state index in [9.17, 15) is 8.42 Å². The summed E-state index contributed by atoms with van der Waals surface area (Å²) in [4.78, 5) is 2.37. The SMILES string of the molecule is CS(=O)(=O)NC1CCN(Cc2ccccc2)CC1.Cl. The van der Waals surface area contributed by atoms with Gasteiger partial charge in [0.2, 0.25) is 10.0 Å². The van der Waals surface area contributed by atoms with E-state index < -0.39 is 10.0 Å². The molecule has 0 spiro atoms. The quantitative estimate of drug-likeness (QED) is 0.919. The fraction of sp³-hybridized carbons (Fsp3) is 0.538. The molecule has 1 N–H and O–H groups in total. The summed E-state index contributed by atoms with van der Waals surface area (Å²) in [6, 6.07) is 10.5. The Labute approximate surface area is 121 Å².